The third-order valence-electron chi connectivity index (χ3n) is 4.18. The first-order valence-electron chi connectivity index (χ1n) is 7.14. The number of aliphatic hydroxyl groups is 1. The zero-order chi connectivity index (χ0) is 14.9. The van der Waals surface area contributed by atoms with Crippen molar-refractivity contribution < 1.29 is 13.5 Å². The summed E-state index contributed by atoms with van der Waals surface area (Å²) in [6, 6.07) is 3.58. The molecule has 112 valence electrons. The van der Waals surface area contributed by atoms with Crippen LogP contribution in [-0.4, -0.2) is 30.4 Å². The Morgan fingerprint density at radius 2 is 2.00 bits per heavy atom. The van der Waals surface area contributed by atoms with Gasteiger partial charge in [-0.2, -0.15) is 4.31 Å². The molecule has 1 aliphatic rings. The van der Waals surface area contributed by atoms with Gasteiger partial charge >= 0.3 is 0 Å². The Morgan fingerprint density at radius 3 is 2.60 bits per heavy atom. The fourth-order valence-electron chi connectivity index (χ4n) is 2.98. The van der Waals surface area contributed by atoms with E-state index < -0.39 is 10.0 Å². The summed E-state index contributed by atoms with van der Waals surface area (Å²) in [6.07, 6.45) is 2.71. The van der Waals surface area contributed by atoms with E-state index in [1.54, 1.807) is 10.4 Å². The molecule has 0 spiro atoms. The zero-order valence-corrected chi connectivity index (χ0v) is 13.2. The molecule has 0 amide bonds. The third kappa shape index (κ3) is 2.62. The molecule has 5 heteroatoms. The Balaban J connectivity index is 2.49. The van der Waals surface area contributed by atoms with Gasteiger partial charge in [0.05, 0.1) is 11.5 Å². The second-order valence-corrected chi connectivity index (χ2v) is 7.38. The van der Waals surface area contributed by atoms with Crippen LogP contribution in [-0.2, 0) is 16.6 Å². The molecule has 20 heavy (non-hydrogen) atoms. The van der Waals surface area contributed by atoms with Crippen LogP contribution < -0.4 is 0 Å². The molecule has 1 aromatic carbocycles. The Labute approximate surface area is 121 Å². The average Bonchev–Trinajstić information content (AvgIpc) is 2.87. The molecule has 0 bridgehead atoms. The maximum absolute atomic E-state index is 12.8. The number of aryl methyl sites for hydroxylation is 2. The van der Waals surface area contributed by atoms with Crippen molar-refractivity contribution in [3.8, 4) is 0 Å². The quantitative estimate of drug-likeness (QED) is 0.928. The first kappa shape index (κ1) is 15.5. The second-order valence-electron chi connectivity index (χ2n) is 5.52. The van der Waals surface area contributed by atoms with Gasteiger partial charge in [-0.05, 0) is 55.9 Å². The van der Waals surface area contributed by atoms with Gasteiger partial charge in [0.2, 0.25) is 10.0 Å². The van der Waals surface area contributed by atoms with Crippen molar-refractivity contribution in [3.63, 3.8) is 0 Å². The topological polar surface area (TPSA) is 57.6 Å². The van der Waals surface area contributed by atoms with Crippen LogP contribution in [0, 0.1) is 13.8 Å². The summed E-state index contributed by atoms with van der Waals surface area (Å²) >= 11 is 0. The predicted molar refractivity (Wildman–Crippen MR) is 79.0 cm³/mol. The fraction of sp³-hybridized carbons (Fsp3) is 0.600. The number of nitrogens with zero attached hydrogens (tertiary/aromatic N) is 1. The summed E-state index contributed by atoms with van der Waals surface area (Å²) in [5.74, 6) is 0. The van der Waals surface area contributed by atoms with E-state index in [1.807, 2.05) is 26.8 Å². The van der Waals surface area contributed by atoms with Crippen molar-refractivity contribution >= 4 is 10.0 Å². The number of hydrogen-bond donors (Lipinski definition) is 1. The van der Waals surface area contributed by atoms with Crippen LogP contribution in [0.4, 0.5) is 0 Å². The average molecular weight is 297 g/mol. The molecule has 0 saturated carbocycles. The molecule has 1 fully saturated rings. The highest BCUT2D eigenvalue weighted by atomic mass is 32.2. The number of hydrogen-bond acceptors (Lipinski definition) is 3. The van der Waals surface area contributed by atoms with Gasteiger partial charge in [-0.15, -0.1) is 0 Å². The monoisotopic (exact) mass is 297 g/mol. The van der Waals surface area contributed by atoms with Crippen LogP contribution in [0.3, 0.4) is 0 Å². The summed E-state index contributed by atoms with van der Waals surface area (Å²) in [6.45, 7) is 6.20. The summed E-state index contributed by atoms with van der Waals surface area (Å²) < 4.78 is 27.3. The Bertz CT molecular complexity index is 595. The minimum absolute atomic E-state index is 0.110. The first-order valence-corrected chi connectivity index (χ1v) is 8.58. The van der Waals surface area contributed by atoms with Gasteiger partial charge in [-0.1, -0.05) is 13.0 Å². The number of sulfonamides is 1. The van der Waals surface area contributed by atoms with Gasteiger partial charge in [0.1, 0.15) is 0 Å². The van der Waals surface area contributed by atoms with Crippen molar-refractivity contribution in [2.75, 3.05) is 6.54 Å². The molecule has 1 aliphatic heterocycles. The maximum Gasteiger partial charge on any atom is 0.243 e. The van der Waals surface area contributed by atoms with E-state index in [9.17, 15) is 13.5 Å². The van der Waals surface area contributed by atoms with Gasteiger partial charge in [-0.25, -0.2) is 8.42 Å². The zero-order valence-electron chi connectivity index (χ0n) is 12.4. The van der Waals surface area contributed by atoms with E-state index in [0.29, 0.717) is 17.0 Å². The molecule has 0 aliphatic carbocycles. The van der Waals surface area contributed by atoms with Crippen LogP contribution in [0.1, 0.15) is 42.9 Å². The van der Waals surface area contributed by atoms with Crippen LogP contribution >= 0.6 is 0 Å². The van der Waals surface area contributed by atoms with E-state index in [1.165, 1.54) is 0 Å². The molecule has 1 atom stereocenters. The van der Waals surface area contributed by atoms with Crippen molar-refractivity contribution in [2.45, 2.75) is 57.6 Å². The largest absolute Gasteiger partial charge is 0.392 e. The molecular formula is C15H23NO3S. The van der Waals surface area contributed by atoms with E-state index in [-0.39, 0.29) is 12.6 Å². The molecule has 1 heterocycles. The lowest BCUT2D eigenvalue weighted by Crippen LogP contribution is -2.35. The SMILES string of the molecule is CCC1CCCN1S(=O)(=O)c1cc(CO)c(C)cc1C. The van der Waals surface area contributed by atoms with Crippen molar-refractivity contribution in [1.82, 2.24) is 4.31 Å². The number of aliphatic hydroxyl groups excluding tert-OH is 1. The molecule has 0 aromatic heterocycles. The smallest absolute Gasteiger partial charge is 0.243 e. The summed E-state index contributed by atoms with van der Waals surface area (Å²) in [5, 5.41) is 9.35. The van der Waals surface area contributed by atoms with Gasteiger partial charge in [0.25, 0.3) is 0 Å². The lowest BCUT2D eigenvalue weighted by atomic mass is 10.1. The van der Waals surface area contributed by atoms with E-state index in [4.69, 9.17) is 0 Å². The lowest BCUT2D eigenvalue weighted by Gasteiger charge is -2.24. The van der Waals surface area contributed by atoms with Crippen LogP contribution in [0.15, 0.2) is 17.0 Å². The molecule has 1 N–H and O–H groups in total. The Hall–Kier alpha value is -0.910. The van der Waals surface area contributed by atoms with Gasteiger partial charge in [-0.3, -0.25) is 0 Å². The molecule has 1 saturated heterocycles. The molecule has 4 nitrogen and oxygen atoms in total. The van der Waals surface area contributed by atoms with E-state index in [0.717, 1.165) is 30.4 Å². The highest BCUT2D eigenvalue weighted by molar-refractivity contribution is 7.89. The number of benzene rings is 1. The van der Waals surface area contributed by atoms with E-state index in [2.05, 4.69) is 0 Å². The normalized spacial score (nSPS) is 20.5. The minimum atomic E-state index is -3.46. The molecule has 0 radical (unpaired) electrons. The molecular weight excluding hydrogens is 274 g/mol. The van der Waals surface area contributed by atoms with Crippen molar-refractivity contribution in [1.29, 1.82) is 0 Å². The minimum Gasteiger partial charge on any atom is -0.392 e. The summed E-state index contributed by atoms with van der Waals surface area (Å²) in [4.78, 5) is 0.340. The predicted octanol–water partition coefficient (Wildman–Crippen LogP) is 2.36. The molecule has 1 unspecified atom stereocenters. The third-order valence-corrected chi connectivity index (χ3v) is 6.28. The molecule has 2 rings (SSSR count). The lowest BCUT2D eigenvalue weighted by molar-refractivity contribution is 0.280. The van der Waals surface area contributed by atoms with Gasteiger partial charge in [0, 0.05) is 12.6 Å². The number of rotatable bonds is 4. The van der Waals surface area contributed by atoms with E-state index >= 15 is 0 Å². The Morgan fingerprint density at radius 1 is 1.30 bits per heavy atom. The second kappa shape index (κ2) is 5.84. The molecule has 1 aromatic rings. The highest BCUT2D eigenvalue weighted by Gasteiger charge is 2.35. The van der Waals surface area contributed by atoms with Gasteiger partial charge < -0.3 is 5.11 Å². The standard InChI is InChI=1S/C15H23NO3S/c1-4-14-6-5-7-16(14)20(18,19)15-9-13(10-17)11(2)8-12(15)3/h8-9,14,17H,4-7,10H2,1-3H3. The van der Waals surface area contributed by atoms with Crippen LogP contribution in [0.2, 0.25) is 0 Å². The first-order chi connectivity index (χ1) is 9.41. The highest BCUT2D eigenvalue weighted by Crippen LogP contribution is 2.30. The van der Waals surface area contributed by atoms with Crippen LogP contribution in [0.25, 0.3) is 0 Å². The maximum atomic E-state index is 12.8. The summed E-state index contributed by atoms with van der Waals surface area (Å²) in [5.41, 5.74) is 2.36. The van der Waals surface area contributed by atoms with Crippen molar-refractivity contribution in [2.24, 2.45) is 0 Å². The van der Waals surface area contributed by atoms with Crippen LogP contribution in [0.5, 0.6) is 0 Å². The summed E-state index contributed by atoms with van der Waals surface area (Å²) in [7, 11) is -3.46. The van der Waals surface area contributed by atoms with Crippen molar-refractivity contribution in [3.05, 3.63) is 28.8 Å². The Kier molecular flexibility index (Phi) is 4.52. The fourth-order valence-corrected chi connectivity index (χ4v) is 5.01. The van der Waals surface area contributed by atoms with Gasteiger partial charge in [0.15, 0.2) is 0 Å².